The number of hydrogen-bond acceptors (Lipinski definition) is 6. The van der Waals surface area contributed by atoms with Crippen molar-refractivity contribution in [3.63, 3.8) is 0 Å². The van der Waals surface area contributed by atoms with E-state index in [9.17, 15) is 13.2 Å². The maximum Gasteiger partial charge on any atom is 0.251 e. The maximum absolute atomic E-state index is 12.7. The topological polar surface area (TPSA) is 118 Å². The van der Waals surface area contributed by atoms with Crippen LogP contribution in [0.15, 0.2) is 41.6 Å². The zero-order chi connectivity index (χ0) is 18.7. The molecule has 3 rings (SSSR count). The van der Waals surface area contributed by atoms with Crippen molar-refractivity contribution >= 4 is 15.9 Å². The first-order chi connectivity index (χ1) is 12.4. The lowest BCUT2D eigenvalue weighted by Crippen LogP contribution is -2.32. The molecule has 0 unspecified atom stereocenters. The highest BCUT2D eigenvalue weighted by atomic mass is 32.2. The lowest BCUT2D eigenvalue weighted by atomic mass is 10.2. The molecule has 1 saturated heterocycles. The Morgan fingerprint density at radius 1 is 1.35 bits per heavy atom. The molecule has 1 aliphatic rings. The number of aryl methyl sites for hydroxylation is 1. The summed E-state index contributed by atoms with van der Waals surface area (Å²) in [5.41, 5.74) is 7.49. The van der Waals surface area contributed by atoms with Gasteiger partial charge in [-0.2, -0.15) is 4.31 Å². The van der Waals surface area contributed by atoms with Crippen molar-refractivity contribution in [2.75, 3.05) is 13.1 Å². The summed E-state index contributed by atoms with van der Waals surface area (Å²) in [4.78, 5) is 20.7. The van der Waals surface area contributed by atoms with Crippen LogP contribution in [0.4, 0.5) is 0 Å². The van der Waals surface area contributed by atoms with E-state index in [-0.39, 0.29) is 29.0 Å². The number of aromatic nitrogens is 2. The Morgan fingerprint density at radius 3 is 2.81 bits per heavy atom. The van der Waals surface area contributed by atoms with Gasteiger partial charge in [0, 0.05) is 30.9 Å². The van der Waals surface area contributed by atoms with Crippen LogP contribution < -0.4 is 11.1 Å². The molecule has 1 aromatic carbocycles. The predicted octanol–water partition coefficient (Wildman–Crippen LogP) is 0.437. The van der Waals surface area contributed by atoms with E-state index in [1.165, 1.54) is 16.4 Å². The fourth-order valence-electron chi connectivity index (χ4n) is 2.70. The molecule has 0 radical (unpaired) electrons. The Hall–Kier alpha value is -2.36. The molecule has 1 amide bonds. The summed E-state index contributed by atoms with van der Waals surface area (Å²) in [7, 11) is -3.65. The average Bonchev–Trinajstić information content (AvgIpc) is 3.08. The molecular weight excluding hydrogens is 354 g/mol. The Morgan fingerprint density at radius 2 is 2.15 bits per heavy atom. The number of carbonyl (C=O) groups excluding carboxylic acids is 1. The van der Waals surface area contributed by atoms with Crippen molar-refractivity contribution in [3.05, 3.63) is 53.6 Å². The number of benzene rings is 1. The first kappa shape index (κ1) is 18.4. The van der Waals surface area contributed by atoms with Crippen molar-refractivity contribution in [1.82, 2.24) is 19.6 Å². The summed E-state index contributed by atoms with van der Waals surface area (Å²) in [6.07, 6.45) is 3.85. The molecule has 0 aliphatic carbocycles. The molecule has 1 atom stereocenters. The van der Waals surface area contributed by atoms with Crippen LogP contribution >= 0.6 is 0 Å². The van der Waals surface area contributed by atoms with Crippen LogP contribution in [0.5, 0.6) is 0 Å². The van der Waals surface area contributed by atoms with Crippen LogP contribution in [-0.2, 0) is 16.6 Å². The molecule has 9 heteroatoms. The second-order valence-corrected chi connectivity index (χ2v) is 8.21. The fourth-order valence-corrected chi connectivity index (χ4v) is 4.26. The second-order valence-electron chi connectivity index (χ2n) is 6.27. The third kappa shape index (κ3) is 4.06. The van der Waals surface area contributed by atoms with Gasteiger partial charge in [0.15, 0.2) is 0 Å². The van der Waals surface area contributed by atoms with Crippen LogP contribution in [0.25, 0.3) is 0 Å². The molecule has 8 nitrogen and oxygen atoms in total. The number of rotatable bonds is 5. The van der Waals surface area contributed by atoms with Gasteiger partial charge >= 0.3 is 0 Å². The Bertz CT molecular complexity index is 899. The average molecular weight is 375 g/mol. The van der Waals surface area contributed by atoms with Crippen LogP contribution in [0.1, 0.15) is 28.2 Å². The van der Waals surface area contributed by atoms with E-state index >= 15 is 0 Å². The molecule has 1 aliphatic heterocycles. The van der Waals surface area contributed by atoms with Gasteiger partial charge in [0.2, 0.25) is 10.0 Å². The number of amides is 1. The van der Waals surface area contributed by atoms with Gasteiger partial charge < -0.3 is 11.1 Å². The summed E-state index contributed by atoms with van der Waals surface area (Å²) in [6, 6.07) is 5.86. The van der Waals surface area contributed by atoms with E-state index in [4.69, 9.17) is 5.73 Å². The monoisotopic (exact) mass is 375 g/mol. The number of nitrogens with one attached hydrogen (secondary N) is 1. The molecule has 0 saturated carbocycles. The highest BCUT2D eigenvalue weighted by Gasteiger charge is 2.31. The number of carbonyl (C=O) groups is 1. The Balaban J connectivity index is 1.72. The largest absolute Gasteiger partial charge is 0.346 e. The standard InChI is InChI=1S/C17H21N5O3S/c1-12-8-20-15(9-19-12)10-21-17(23)13-3-2-4-16(7-13)26(24,25)22-6-5-14(18)11-22/h2-4,7-9,14H,5-6,10-11,18H2,1H3,(H,21,23)/t14-/m0/s1. The van der Waals surface area contributed by atoms with Gasteiger partial charge in [0.1, 0.15) is 0 Å². The first-order valence-electron chi connectivity index (χ1n) is 8.28. The number of nitrogens with two attached hydrogens (primary N) is 1. The van der Waals surface area contributed by atoms with Gasteiger partial charge in [0.05, 0.1) is 29.0 Å². The summed E-state index contributed by atoms with van der Waals surface area (Å²) in [5, 5.41) is 2.72. The van der Waals surface area contributed by atoms with Gasteiger partial charge in [0.25, 0.3) is 5.91 Å². The van der Waals surface area contributed by atoms with E-state index in [0.717, 1.165) is 5.69 Å². The lowest BCUT2D eigenvalue weighted by Gasteiger charge is -2.16. The van der Waals surface area contributed by atoms with Gasteiger partial charge in [-0.05, 0) is 31.5 Å². The van der Waals surface area contributed by atoms with Gasteiger partial charge in [-0.3, -0.25) is 14.8 Å². The summed E-state index contributed by atoms with van der Waals surface area (Å²) in [6.45, 7) is 2.73. The minimum Gasteiger partial charge on any atom is -0.346 e. The Labute approximate surface area is 152 Å². The Kier molecular flexibility index (Phi) is 5.30. The van der Waals surface area contributed by atoms with Crippen molar-refractivity contribution in [3.8, 4) is 0 Å². The minimum absolute atomic E-state index is 0.0920. The molecule has 1 fully saturated rings. The maximum atomic E-state index is 12.7. The smallest absolute Gasteiger partial charge is 0.251 e. The summed E-state index contributed by atoms with van der Waals surface area (Å²) in [5.74, 6) is -0.373. The van der Waals surface area contributed by atoms with E-state index < -0.39 is 10.0 Å². The summed E-state index contributed by atoms with van der Waals surface area (Å²) < 4.78 is 26.7. The molecule has 2 heterocycles. The van der Waals surface area contributed by atoms with E-state index in [1.54, 1.807) is 24.5 Å². The molecule has 1 aromatic heterocycles. The van der Waals surface area contributed by atoms with Gasteiger partial charge in [-0.25, -0.2) is 8.42 Å². The highest BCUT2D eigenvalue weighted by molar-refractivity contribution is 7.89. The number of nitrogens with zero attached hydrogens (tertiary/aromatic N) is 3. The zero-order valence-corrected chi connectivity index (χ0v) is 15.2. The number of hydrogen-bond donors (Lipinski definition) is 2. The second kappa shape index (κ2) is 7.48. The van der Waals surface area contributed by atoms with Gasteiger partial charge in [-0.1, -0.05) is 6.07 Å². The third-order valence-electron chi connectivity index (χ3n) is 4.19. The number of sulfonamides is 1. The quantitative estimate of drug-likeness (QED) is 0.783. The van der Waals surface area contributed by atoms with Crippen molar-refractivity contribution in [1.29, 1.82) is 0 Å². The summed E-state index contributed by atoms with van der Waals surface area (Å²) >= 11 is 0. The lowest BCUT2D eigenvalue weighted by molar-refractivity contribution is 0.0950. The van der Waals surface area contributed by atoms with Crippen molar-refractivity contribution < 1.29 is 13.2 Å². The molecule has 0 spiro atoms. The van der Waals surface area contributed by atoms with Crippen molar-refractivity contribution in [2.45, 2.75) is 30.8 Å². The van der Waals surface area contributed by atoms with Gasteiger partial charge in [-0.15, -0.1) is 0 Å². The fraction of sp³-hybridized carbons (Fsp3) is 0.353. The van der Waals surface area contributed by atoms with Crippen LogP contribution in [0.2, 0.25) is 0 Å². The molecule has 0 bridgehead atoms. The van der Waals surface area contributed by atoms with Crippen molar-refractivity contribution in [2.24, 2.45) is 5.73 Å². The third-order valence-corrected chi connectivity index (χ3v) is 6.05. The zero-order valence-electron chi connectivity index (χ0n) is 14.4. The first-order valence-corrected chi connectivity index (χ1v) is 9.72. The van der Waals surface area contributed by atoms with Crippen LogP contribution in [0.3, 0.4) is 0 Å². The molecule has 26 heavy (non-hydrogen) atoms. The SMILES string of the molecule is Cc1cnc(CNC(=O)c2cccc(S(=O)(=O)N3CC[C@H](N)C3)c2)cn1. The normalized spacial score (nSPS) is 18.0. The van der Waals surface area contributed by atoms with Crippen LogP contribution in [0, 0.1) is 6.92 Å². The molecule has 138 valence electrons. The molecule has 3 N–H and O–H groups in total. The predicted molar refractivity (Wildman–Crippen MR) is 95.7 cm³/mol. The van der Waals surface area contributed by atoms with Crippen LogP contribution in [-0.4, -0.2) is 47.7 Å². The molecular formula is C17H21N5O3S. The highest BCUT2D eigenvalue weighted by Crippen LogP contribution is 2.21. The van der Waals surface area contributed by atoms with E-state index in [2.05, 4.69) is 15.3 Å². The van der Waals surface area contributed by atoms with E-state index in [1.807, 2.05) is 6.92 Å². The minimum atomic E-state index is -3.65. The molecule has 2 aromatic rings. The van der Waals surface area contributed by atoms with E-state index in [0.29, 0.717) is 25.2 Å².